The number of hydrogen-bond donors (Lipinski definition) is 0. The third kappa shape index (κ3) is 2.79. The van der Waals surface area contributed by atoms with Crippen LogP contribution in [0.4, 0.5) is 22.0 Å². The molecule has 1 aromatic carbocycles. The summed E-state index contributed by atoms with van der Waals surface area (Å²) in [6, 6.07) is 3.43. The van der Waals surface area contributed by atoms with E-state index in [-0.39, 0.29) is 0 Å². The second kappa shape index (κ2) is 5.63. The number of halogens is 5. The lowest BCUT2D eigenvalue weighted by molar-refractivity contribution is -0.673. The Hall–Kier alpha value is -2.24. The number of pyridine rings is 1. The summed E-state index contributed by atoms with van der Waals surface area (Å²) in [5, 5.41) is 0. The van der Waals surface area contributed by atoms with Crippen LogP contribution in [0.15, 0.2) is 18.3 Å². The maximum Gasteiger partial charge on any atom is 0.204 e. The number of benzene rings is 1. The first kappa shape index (κ1) is 15.2. The molecular weight excluding hydrogens is 289 g/mol. The van der Waals surface area contributed by atoms with Gasteiger partial charge in [0.1, 0.15) is 7.05 Å². The lowest BCUT2D eigenvalue weighted by Crippen LogP contribution is -2.31. The fraction of sp³-hybridized carbons (Fsp3) is 0.133. The van der Waals surface area contributed by atoms with Gasteiger partial charge in [-0.15, -0.1) is 0 Å². The Bertz CT molecular complexity index is 708. The topological polar surface area (TPSA) is 3.88 Å². The van der Waals surface area contributed by atoms with E-state index in [2.05, 4.69) is 0 Å². The third-order valence-corrected chi connectivity index (χ3v) is 2.99. The van der Waals surface area contributed by atoms with Crippen molar-refractivity contribution in [2.75, 3.05) is 0 Å². The molecule has 0 saturated carbocycles. The van der Waals surface area contributed by atoms with Crippen LogP contribution >= 0.6 is 0 Å². The Labute approximate surface area is 118 Å². The molecule has 0 saturated heterocycles. The zero-order chi connectivity index (χ0) is 15.7. The maximum absolute atomic E-state index is 13.5. The van der Waals surface area contributed by atoms with Gasteiger partial charge in [0, 0.05) is 17.7 Å². The summed E-state index contributed by atoms with van der Waals surface area (Å²) in [6.07, 6.45) is 3.90. The molecule has 0 atom stereocenters. The van der Waals surface area contributed by atoms with Gasteiger partial charge in [0.2, 0.25) is 11.5 Å². The Morgan fingerprint density at radius 3 is 1.86 bits per heavy atom. The fourth-order valence-corrected chi connectivity index (χ4v) is 1.87. The molecule has 0 aliphatic heterocycles. The number of rotatable bonds is 2. The fourth-order valence-electron chi connectivity index (χ4n) is 1.87. The lowest BCUT2D eigenvalue weighted by Gasteiger charge is -2.04. The summed E-state index contributed by atoms with van der Waals surface area (Å²) in [6.45, 7) is 1.86. The monoisotopic (exact) mass is 300 g/mol. The number of hydrogen-bond acceptors (Lipinski definition) is 0. The van der Waals surface area contributed by atoms with E-state index in [4.69, 9.17) is 0 Å². The maximum atomic E-state index is 13.5. The molecule has 0 radical (unpaired) electrons. The van der Waals surface area contributed by atoms with E-state index < -0.39 is 34.6 Å². The molecule has 2 aromatic rings. The van der Waals surface area contributed by atoms with Crippen LogP contribution in [-0.2, 0) is 7.05 Å². The van der Waals surface area contributed by atoms with Gasteiger partial charge < -0.3 is 0 Å². The molecule has 0 spiro atoms. The van der Waals surface area contributed by atoms with Crippen LogP contribution in [0.25, 0.3) is 12.2 Å². The van der Waals surface area contributed by atoms with E-state index in [1.165, 1.54) is 6.08 Å². The van der Waals surface area contributed by atoms with E-state index in [1.807, 2.05) is 6.92 Å². The summed E-state index contributed by atoms with van der Waals surface area (Å²) in [4.78, 5) is 0. The zero-order valence-electron chi connectivity index (χ0n) is 11.2. The van der Waals surface area contributed by atoms with Crippen LogP contribution in [0.2, 0.25) is 0 Å². The molecule has 1 nitrogen and oxygen atoms in total. The van der Waals surface area contributed by atoms with Crippen molar-refractivity contribution >= 4 is 12.2 Å². The highest BCUT2D eigenvalue weighted by atomic mass is 19.2. The molecule has 0 aliphatic carbocycles. The van der Waals surface area contributed by atoms with Crippen LogP contribution in [0.3, 0.4) is 0 Å². The van der Waals surface area contributed by atoms with Crippen molar-refractivity contribution in [1.82, 2.24) is 0 Å². The molecule has 6 heteroatoms. The Morgan fingerprint density at radius 1 is 0.810 bits per heavy atom. The minimum Gasteiger partial charge on any atom is -0.203 e. The SMILES string of the molecule is Cc1ccc(/C=C/c2c(F)c(F)c(F)c(F)c2F)[n+](C)c1. The molecule has 21 heavy (non-hydrogen) atoms. The smallest absolute Gasteiger partial charge is 0.203 e. The summed E-state index contributed by atoms with van der Waals surface area (Å²) in [7, 11) is 1.70. The summed E-state index contributed by atoms with van der Waals surface area (Å²) in [5.41, 5.74) is 0.544. The molecule has 1 aromatic heterocycles. The van der Waals surface area contributed by atoms with Gasteiger partial charge in [0.25, 0.3) is 0 Å². The summed E-state index contributed by atoms with van der Waals surface area (Å²) >= 11 is 0. The normalized spacial score (nSPS) is 11.4. The van der Waals surface area contributed by atoms with Gasteiger partial charge in [-0.05, 0) is 19.1 Å². The molecule has 1 heterocycles. The molecule has 0 fully saturated rings. The average Bonchev–Trinajstić information content (AvgIpc) is 2.45. The standard InChI is InChI=1S/C15H11F5N/c1-8-3-4-9(21(2)7-8)5-6-10-11(16)13(18)15(20)14(19)12(10)17/h3-7H,1-2H3/q+1/b6-5+. The van der Waals surface area contributed by atoms with Crippen molar-refractivity contribution in [3.8, 4) is 0 Å². The van der Waals surface area contributed by atoms with Crippen molar-refractivity contribution in [2.24, 2.45) is 7.05 Å². The van der Waals surface area contributed by atoms with Gasteiger partial charge in [-0.3, -0.25) is 0 Å². The van der Waals surface area contributed by atoms with Crippen molar-refractivity contribution in [2.45, 2.75) is 6.92 Å². The highest BCUT2D eigenvalue weighted by Gasteiger charge is 2.24. The number of aryl methyl sites for hydroxylation is 2. The Morgan fingerprint density at radius 2 is 1.33 bits per heavy atom. The van der Waals surface area contributed by atoms with Crippen molar-refractivity contribution in [1.29, 1.82) is 0 Å². The van der Waals surface area contributed by atoms with Crippen LogP contribution in [0, 0.1) is 36.0 Å². The first-order chi connectivity index (χ1) is 9.82. The molecule has 0 bridgehead atoms. The van der Waals surface area contributed by atoms with Gasteiger partial charge in [0.15, 0.2) is 29.5 Å². The van der Waals surface area contributed by atoms with Crippen molar-refractivity contribution in [3.05, 3.63) is 64.2 Å². The third-order valence-electron chi connectivity index (χ3n) is 2.99. The molecule has 0 amide bonds. The van der Waals surface area contributed by atoms with Crippen LogP contribution in [-0.4, -0.2) is 0 Å². The summed E-state index contributed by atoms with van der Waals surface area (Å²) < 4.78 is 67.7. The van der Waals surface area contributed by atoms with Gasteiger partial charge >= 0.3 is 0 Å². The molecule has 2 rings (SSSR count). The second-order valence-corrected chi connectivity index (χ2v) is 4.56. The van der Waals surface area contributed by atoms with E-state index >= 15 is 0 Å². The molecule has 0 aliphatic rings. The molecule has 0 N–H and O–H groups in total. The van der Waals surface area contributed by atoms with E-state index in [0.717, 1.165) is 11.6 Å². The molecule has 0 unspecified atom stereocenters. The van der Waals surface area contributed by atoms with Crippen LogP contribution < -0.4 is 4.57 Å². The van der Waals surface area contributed by atoms with Crippen LogP contribution in [0.1, 0.15) is 16.8 Å². The minimum absolute atomic E-state index is 0.546. The Balaban J connectivity index is 2.51. The molecule has 110 valence electrons. The predicted octanol–water partition coefficient (Wildman–Crippen LogP) is 3.69. The number of aromatic nitrogens is 1. The number of nitrogens with zero attached hydrogens (tertiary/aromatic N) is 1. The zero-order valence-corrected chi connectivity index (χ0v) is 11.2. The second-order valence-electron chi connectivity index (χ2n) is 4.56. The first-order valence-corrected chi connectivity index (χ1v) is 5.98. The average molecular weight is 300 g/mol. The van der Waals surface area contributed by atoms with Crippen molar-refractivity contribution in [3.63, 3.8) is 0 Å². The quantitative estimate of drug-likeness (QED) is 0.345. The lowest BCUT2D eigenvalue weighted by atomic mass is 10.1. The van der Waals surface area contributed by atoms with E-state index in [9.17, 15) is 22.0 Å². The van der Waals surface area contributed by atoms with Gasteiger partial charge in [0.05, 0.1) is 5.56 Å². The Kier molecular flexibility index (Phi) is 4.06. The summed E-state index contributed by atoms with van der Waals surface area (Å²) in [5.74, 6) is -9.78. The molecular formula is C15H11F5N+. The van der Waals surface area contributed by atoms with Gasteiger partial charge in [-0.25, -0.2) is 26.5 Å². The van der Waals surface area contributed by atoms with E-state index in [0.29, 0.717) is 5.69 Å². The van der Waals surface area contributed by atoms with Gasteiger partial charge in [-0.1, -0.05) is 0 Å². The first-order valence-electron chi connectivity index (χ1n) is 5.98. The van der Waals surface area contributed by atoms with Crippen LogP contribution in [0.5, 0.6) is 0 Å². The van der Waals surface area contributed by atoms with Crippen molar-refractivity contribution < 1.29 is 26.5 Å². The highest BCUT2D eigenvalue weighted by Crippen LogP contribution is 2.24. The highest BCUT2D eigenvalue weighted by molar-refractivity contribution is 5.67. The van der Waals surface area contributed by atoms with E-state index in [1.54, 1.807) is 29.9 Å². The largest absolute Gasteiger partial charge is 0.204 e. The minimum atomic E-state index is -2.16. The predicted molar refractivity (Wildman–Crippen MR) is 67.5 cm³/mol. The van der Waals surface area contributed by atoms with Gasteiger partial charge in [-0.2, -0.15) is 0 Å².